The van der Waals surface area contributed by atoms with Gasteiger partial charge in [-0.3, -0.25) is 4.90 Å². The number of ether oxygens (including phenoxy) is 6. The van der Waals surface area contributed by atoms with E-state index in [1.165, 1.54) is 25.6 Å². The molecule has 0 aliphatic carbocycles. The SMILES string of the molecule is COc1ccc2c(c1OC)C(=O)O[C@@H]2[C@H]1c2c(c(S(=O)(=O)N3CCNCC3)c3c(c2OC)OCO3)CCN1C. The fourth-order valence-corrected chi connectivity index (χ4v) is 7.91. The zero-order valence-corrected chi connectivity index (χ0v) is 23.1. The lowest BCUT2D eigenvalue weighted by molar-refractivity contribution is 0.00854. The number of cyclic esters (lactones) is 1. The minimum atomic E-state index is -3.94. The Hall–Kier alpha value is -3.26. The van der Waals surface area contributed by atoms with Crippen molar-refractivity contribution in [3.63, 3.8) is 0 Å². The van der Waals surface area contributed by atoms with Crippen LogP contribution in [0.2, 0.25) is 0 Å². The van der Waals surface area contributed by atoms with E-state index < -0.39 is 28.1 Å². The fraction of sp³-hybridized carbons (Fsp3) is 0.500. The maximum atomic E-state index is 14.1. The van der Waals surface area contributed by atoms with Crippen molar-refractivity contribution in [2.75, 3.05) is 67.9 Å². The summed E-state index contributed by atoms with van der Waals surface area (Å²) in [6.07, 6.45) is -0.338. The predicted octanol–water partition coefficient (Wildman–Crippen LogP) is 1.48. The van der Waals surface area contributed by atoms with E-state index in [-0.39, 0.29) is 28.8 Å². The Balaban J connectivity index is 1.58. The summed E-state index contributed by atoms with van der Waals surface area (Å²) < 4.78 is 64.1. The third-order valence-corrected chi connectivity index (χ3v) is 9.83. The van der Waals surface area contributed by atoms with Gasteiger partial charge in [0, 0.05) is 43.9 Å². The molecule has 1 saturated heterocycles. The minimum absolute atomic E-state index is 0.0997. The van der Waals surface area contributed by atoms with Crippen LogP contribution in [0.5, 0.6) is 28.7 Å². The Labute approximate surface area is 226 Å². The van der Waals surface area contributed by atoms with Crippen LogP contribution < -0.4 is 29.0 Å². The highest BCUT2D eigenvalue weighted by Gasteiger charge is 2.49. The maximum Gasteiger partial charge on any atom is 0.343 e. The lowest BCUT2D eigenvalue weighted by Gasteiger charge is -2.39. The van der Waals surface area contributed by atoms with E-state index in [0.717, 1.165) is 0 Å². The second kappa shape index (κ2) is 9.73. The molecular weight excluding hydrogens is 530 g/mol. The Kier molecular flexibility index (Phi) is 6.49. The summed E-state index contributed by atoms with van der Waals surface area (Å²) in [7, 11) is 2.45. The molecule has 4 heterocycles. The summed E-state index contributed by atoms with van der Waals surface area (Å²) in [5.41, 5.74) is 2.09. The predicted molar refractivity (Wildman–Crippen MR) is 138 cm³/mol. The average molecular weight is 562 g/mol. The first-order chi connectivity index (χ1) is 18.8. The van der Waals surface area contributed by atoms with Gasteiger partial charge in [-0.2, -0.15) is 4.31 Å². The molecule has 6 rings (SSSR count). The second-order valence-electron chi connectivity index (χ2n) is 9.74. The highest BCUT2D eigenvalue weighted by molar-refractivity contribution is 7.89. The molecule has 2 aromatic carbocycles. The zero-order chi connectivity index (χ0) is 27.5. The quantitative estimate of drug-likeness (QED) is 0.516. The second-order valence-corrected chi connectivity index (χ2v) is 11.6. The van der Waals surface area contributed by atoms with E-state index in [1.807, 2.05) is 11.9 Å². The van der Waals surface area contributed by atoms with Crippen LogP contribution in [0.25, 0.3) is 0 Å². The molecule has 2 aromatic rings. The molecule has 4 aliphatic rings. The van der Waals surface area contributed by atoms with Gasteiger partial charge in [0.2, 0.25) is 22.6 Å². The van der Waals surface area contributed by atoms with Crippen molar-refractivity contribution in [2.24, 2.45) is 0 Å². The Bertz CT molecular complexity index is 1440. The van der Waals surface area contributed by atoms with Gasteiger partial charge in [-0.25, -0.2) is 13.2 Å². The molecule has 210 valence electrons. The van der Waals surface area contributed by atoms with Gasteiger partial charge in [0.25, 0.3) is 0 Å². The van der Waals surface area contributed by atoms with Gasteiger partial charge in [0.1, 0.15) is 16.6 Å². The topological polar surface area (TPSA) is 125 Å². The number of carbonyl (C=O) groups is 1. The summed E-state index contributed by atoms with van der Waals surface area (Å²) in [5, 5.41) is 3.20. The fourth-order valence-electron chi connectivity index (χ4n) is 6.08. The van der Waals surface area contributed by atoms with E-state index in [9.17, 15) is 13.2 Å². The number of nitrogens with one attached hydrogen (secondary N) is 1. The number of hydrogen-bond donors (Lipinski definition) is 1. The van der Waals surface area contributed by atoms with E-state index in [0.29, 0.717) is 73.1 Å². The van der Waals surface area contributed by atoms with Crippen molar-refractivity contribution in [1.82, 2.24) is 14.5 Å². The molecule has 13 heteroatoms. The molecule has 0 bridgehead atoms. The van der Waals surface area contributed by atoms with Gasteiger partial charge in [-0.15, -0.1) is 0 Å². The lowest BCUT2D eigenvalue weighted by Crippen LogP contribution is -2.47. The number of carbonyl (C=O) groups excluding carboxylic acids is 1. The maximum absolute atomic E-state index is 14.1. The van der Waals surface area contributed by atoms with Crippen molar-refractivity contribution >= 4 is 16.0 Å². The van der Waals surface area contributed by atoms with Gasteiger partial charge >= 0.3 is 5.97 Å². The van der Waals surface area contributed by atoms with Crippen LogP contribution in [0, 0.1) is 0 Å². The van der Waals surface area contributed by atoms with Crippen LogP contribution in [-0.4, -0.2) is 91.5 Å². The van der Waals surface area contributed by atoms with Crippen LogP contribution in [-0.2, 0) is 21.2 Å². The number of likely N-dealkylation sites (N-methyl/N-ethyl adjacent to an activating group) is 1. The monoisotopic (exact) mass is 561 g/mol. The standard InChI is InChI=1S/C26H31N3O9S/c1-28-10-7-15-17(19(28)20-14-5-6-16(33-2)21(34-3)18(14)26(30)38-20)22(35-4)23-24(37-13-36-23)25(15)39(31,32)29-11-8-27-9-12-29/h5-6,19-20,27H,7-13H2,1-4H3/t19-,20+/m1/s1. The van der Waals surface area contributed by atoms with Crippen molar-refractivity contribution in [3.8, 4) is 28.7 Å². The van der Waals surface area contributed by atoms with Crippen molar-refractivity contribution < 1.29 is 41.6 Å². The Morgan fingerprint density at radius 3 is 2.38 bits per heavy atom. The molecular formula is C26H31N3O9S. The van der Waals surface area contributed by atoms with E-state index >= 15 is 0 Å². The molecule has 0 radical (unpaired) electrons. The number of methoxy groups -OCH3 is 3. The Morgan fingerprint density at radius 1 is 0.974 bits per heavy atom. The van der Waals surface area contributed by atoms with Crippen molar-refractivity contribution in [3.05, 3.63) is 34.4 Å². The zero-order valence-electron chi connectivity index (χ0n) is 22.2. The van der Waals surface area contributed by atoms with Crippen molar-refractivity contribution in [1.29, 1.82) is 0 Å². The number of nitrogens with zero attached hydrogens (tertiary/aromatic N) is 2. The molecule has 1 N–H and O–H groups in total. The number of piperazine rings is 1. The Morgan fingerprint density at radius 2 is 1.69 bits per heavy atom. The first-order valence-electron chi connectivity index (χ1n) is 12.7. The van der Waals surface area contributed by atoms with Crippen LogP contribution >= 0.6 is 0 Å². The summed E-state index contributed by atoms with van der Waals surface area (Å²) >= 11 is 0. The number of hydrogen-bond acceptors (Lipinski definition) is 11. The number of sulfonamides is 1. The lowest BCUT2D eigenvalue weighted by atomic mass is 9.85. The van der Waals surface area contributed by atoms with E-state index in [2.05, 4.69) is 5.32 Å². The molecule has 12 nitrogen and oxygen atoms in total. The molecule has 0 saturated carbocycles. The third kappa shape index (κ3) is 3.82. The van der Waals surface area contributed by atoms with Gasteiger partial charge in [0.05, 0.1) is 27.4 Å². The number of benzene rings is 2. The average Bonchev–Trinajstić information content (AvgIpc) is 3.56. The molecule has 1 fully saturated rings. The highest BCUT2D eigenvalue weighted by Crippen LogP contribution is 2.58. The summed E-state index contributed by atoms with van der Waals surface area (Å²) in [5.74, 6) is 0.945. The number of esters is 1. The largest absolute Gasteiger partial charge is 0.493 e. The number of rotatable bonds is 6. The summed E-state index contributed by atoms with van der Waals surface area (Å²) in [6, 6.07) is 2.94. The van der Waals surface area contributed by atoms with E-state index in [1.54, 1.807) is 12.1 Å². The third-order valence-electron chi connectivity index (χ3n) is 7.84. The normalized spacial score (nSPS) is 22.7. The smallest absolute Gasteiger partial charge is 0.343 e. The molecule has 0 spiro atoms. The molecule has 2 atom stereocenters. The van der Waals surface area contributed by atoms with Gasteiger partial charge < -0.3 is 33.7 Å². The van der Waals surface area contributed by atoms with E-state index in [4.69, 9.17) is 28.4 Å². The minimum Gasteiger partial charge on any atom is -0.493 e. The van der Waals surface area contributed by atoms with Gasteiger partial charge in [-0.1, -0.05) is 6.07 Å². The molecule has 0 aromatic heterocycles. The number of fused-ring (bicyclic) bond motifs is 3. The van der Waals surface area contributed by atoms with Crippen LogP contribution in [0.4, 0.5) is 0 Å². The first-order valence-corrected chi connectivity index (χ1v) is 14.2. The first kappa shape index (κ1) is 26.0. The van der Waals surface area contributed by atoms with Crippen LogP contribution in [0.1, 0.15) is 39.2 Å². The molecule has 39 heavy (non-hydrogen) atoms. The molecule has 0 unspecified atom stereocenters. The van der Waals surface area contributed by atoms with Crippen LogP contribution in [0.15, 0.2) is 17.0 Å². The van der Waals surface area contributed by atoms with Crippen molar-refractivity contribution in [2.45, 2.75) is 23.5 Å². The highest BCUT2D eigenvalue weighted by atomic mass is 32.2. The van der Waals surface area contributed by atoms with Gasteiger partial charge in [0.15, 0.2) is 23.0 Å². The molecule has 0 amide bonds. The van der Waals surface area contributed by atoms with Crippen LogP contribution in [0.3, 0.4) is 0 Å². The van der Waals surface area contributed by atoms with Gasteiger partial charge in [-0.05, 0) is 25.1 Å². The summed E-state index contributed by atoms with van der Waals surface area (Å²) in [4.78, 5) is 15.3. The summed E-state index contributed by atoms with van der Waals surface area (Å²) in [6.45, 7) is 2.19. The molecule has 4 aliphatic heterocycles.